The number of aromatic nitrogens is 1. The molecule has 0 bridgehead atoms. The lowest BCUT2D eigenvalue weighted by atomic mass is 10.2. The van der Waals surface area contributed by atoms with E-state index in [2.05, 4.69) is 4.99 Å². The number of fused-ring (bicyclic) bond motifs is 1. The van der Waals surface area contributed by atoms with Crippen LogP contribution in [0.1, 0.15) is 10.4 Å². The molecule has 0 spiro atoms. The second-order valence-corrected chi connectivity index (χ2v) is 7.31. The summed E-state index contributed by atoms with van der Waals surface area (Å²) in [7, 11) is 1.56. The molecule has 0 aliphatic heterocycles. The Morgan fingerprint density at radius 2 is 2.07 bits per heavy atom. The lowest BCUT2D eigenvalue weighted by Gasteiger charge is -2.06. The molecule has 1 heterocycles. The highest BCUT2D eigenvalue weighted by atomic mass is 35.5. The molecule has 3 aromatic rings. The first-order valence-electron chi connectivity index (χ1n) is 7.72. The van der Waals surface area contributed by atoms with Gasteiger partial charge in [-0.3, -0.25) is 14.9 Å². The summed E-state index contributed by atoms with van der Waals surface area (Å²) < 4.78 is 7.61. The van der Waals surface area contributed by atoms with Gasteiger partial charge in [0.25, 0.3) is 11.6 Å². The molecular formula is C17H13Cl2N3O4S. The van der Waals surface area contributed by atoms with Gasteiger partial charge >= 0.3 is 0 Å². The highest BCUT2D eigenvalue weighted by molar-refractivity contribution is 7.16. The van der Waals surface area contributed by atoms with Crippen LogP contribution in [0.3, 0.4) is 0 Å². The fourth-order valence-electron chi connectivity index (χ4n) is 2.57. The van der Waals surface area contributed by atoms with Crippen LogP contribution in [0.4, 0.5) is 5.69 Å². The first kappa shape index (κ1) is 19.5. The zero-order chi connectivity index (χ0) is 19.6. The van der Waals surface area contributed by atoms with Crippen LogP contribution in [-0.2, 0) is 11.3 Å². The van der Waals surface area contributed by atoms with Crippen molar-refractivity contribution in [1.29, 1.82) is 0 Å². The predicted octanol–water partition coefficient (Wildman–Crippen LogP) is 4.31. The predicted molar refractivity (Wildman–Crippen MR) is 105 cm³/mol. The Morgan fingerprint density at radius 1 is 1.33 bits per heavy atom. The van der Waals surface area contributed by atoms with Crippen molar-refractivity contribution in [1.82, 2.24) is 4.57 Å². The molecular weight excluding hydrogens is 413 g/mol. The number of hydrogen-bond acceptors (Lipinski definition) is 5. The number of carbonyl (C=O) groups is 1. The van der Waals surface area contributed by atoms with Crippen LogP contribution >= 0.6 is 34.5 Å². The van der Waals surface area contributed by atoms with Crippen LogP contribution in [0.25, 0.3) is 10.2 Å². The number of methoxy groups -OCH3 is 1. The molecule has 3 rings (SSSR count). The minimum absolute atomic E-state index is 0.0811. The topological polar surface area (TPSA) is 86.7 Å². The number of nitro groups is 1. The summed E-state index contributed by atoms with van der Waals surface area (Å²) in [5.74, 6) is -0.706. The van der Waals surface area contributed by atoms with Gasteiger partial charge in [-0.1, -0.05) is 46.7 Å². The molecule has 0 N–H and O–H groups in total. The largest absolute Gasteiger partial charge is 0.383 e. The van der Waals surface area contributed by atoms with Crippen molar-refractivity contribution in [3.05, 3.63) is 66.9 Å². The average Bonchev–Trinajstić information content (AvgIpc) is 2.96. The van der Waals surface area contributed by atoms with Gasteiger partial charge in [-0.05, 0) is 18.2 Å². The zero-order valence-corrected chi connectivity index (χ0v) is 16.3. The van der Waals surface area contributed by atoms with Crippen LogP contribution in [0.15, 0.2) is 41.4 Å². The van der Waals surface area contributed by atoms with E-state index < -0.39 is 10.8 Å². The molecule has 0 saturated carbocycles. The number of para-hydroxylation sites is 1. The summed E-state index contributed by atoms with van der Waals surface area (Å²) in [4.78, 5) is 27.7. The van der Waals surface area contributed by atoms with Crippen LogP contribution in [0.5, 0.6) is 0 Å². The standard InChI is InChI=1S/C17H13Cl2N3O4S/c1-26-7-6-21-15-12(19)8-10(18)9-14(15)27-17(21)20-16(23)11-4-2-3-5-13(11)22(24)25/h2-5,8-9H,6-7H2,1H3. The Labute approximate surface area is 167 Å². The quantitative estimate of drug-likeness (QED) is 0.450. The van der Waals surface area contributed by atoms with Crippen molar-refractivity contribution < 1.29 is 14.5 Å². The summed E-state index contributed by atoms with van der Waals surface area (Å²) in [5.41, 5.74) is 0.302. The zero-order valence-electron chi connectivity index (χ0n) is 14.0. The van der Waals surface area contributed by atoms with Crippen LogP contribution < -0.4 is 4.80 Å². The second kappa shape index (κ2) is 8.18. The lowest BCUT2D eigenvalue weighted by Crippen LogP contribution is -2.19. The number of ether oxygens (including phenoxy) is 1. The number of rotatable bonds is 5. The van der Waals surface area contributed by atoms with E-state index in [1.54, 1.807) is 29.9 Å². The molecule has 7 nitrogen and oxygen atoms in total. The second-order valence-electron chi connectivity index (χ2n) is 5.45. The van der Waals surface area contributed by atoms with Crippen LogP contribution in [-0.4, -0.2) is 29.1 Å². The van der Waals surface area contributed by atoms with E-state index in [1.807, 2.05) is 0 Å². The van der Waals surface area contributed by atoms with Gasteiger partial charge in [0, 0.05) is 24.7 Å². The van der Waals surface area contributed by atoms with E-state index in [0.717, 1.165) is 4.70 Å². The SMILES string of the molecule is COCCn1c(=NC(=O)c2ccccc2[N+](=O)[O-])sc2cc(Cl)cc(Cl)c21. The maximum atomic E-state index is 12.6. The number of thiazole rings is 1. The molecule has 2 aromatic carbocycles. The fraction of sp³-hybridized carbons (Fsp3) is 0.176. The first-order chi connectivity index (χ1) is 12.9. The molecule has 0 unspecified atom stereocenters. The lowest BCUT2D eigenvalue weighted by molar-refractivity contribution is -0.385. The molecule has 10 heteroatoms. The molecule has 0 aliphatic rings. The highest BCUT2D eigenvalue weighted by Gasteiger charge is 2.19. The molecule has 0 fully saturated rings. The van der Waals surface area contributed by atoms with Crippen LogP contribution in [0, 0.1) is 10.1 Å². The first-order valence-corrected chi connectivity index (χ1v) is 9.29. The molecule has 0 atom stereocenters. The molecule has 140 valence electrons. The maximum absolute atomic E-state index is 12.6. The summed E-state index contributed by atoms with van der Waals surface area (Å²) in [6.45, 7) is 0.776. The van der Waals surface area contributed by atoms with Gasteiger partial charge in [-0.15, -0.1) is 0 Å². The van der Waals surface area contributed by atoms with Gasteiger partial charge in [0.15, 0.2) is 4.80 Å². The Hall–Kier alpha value is -2.26. The number of hydrogen-bond donors (Lipinski definition) is 0. The number of carbonyl (C=O) groups excluding carboxylic acids is 1. The monoisotopic (exact) mass is 425 g/mol. The third-order valence-corrected chi connectivity index (χ3v) is 5.27. The van der Waals surface area contributed by atoms with Gasteiger partial charge in [0.2, 0.25) is 0 Å². The number of nitro benzene ring substituents is 1. The molecule has 0 aliphatic carbocycles. The summed E-state index contributed by atoms with van der Waals surface area (Å²) in [6.07, 6.45) is 0. The normalized spacial score (nSPS) is 11.9. The number of benzene rings is 2. The van der Waals surface area contributed by atoms with Crippen molar-refractivity contribution in [2.45, 2.75) is 6.54 Å². The van der Waals surface area contributed by atoms with Gasteiger partial charge in [-0.2, -0.15) is 4.99 Å². The Kier molecular flexibility index (Phi) is 5.91. The fourth-order valence-corrected chi connectivity index (χ4v) is 4.40. The van der Waals surface area contributed by atoms with Gasteiger partial charge in [-0.25, -0.2) is 0 Å². The minimum atomic E-state index is -0.706. The van der Waals surface area contributed by atoms with E-state index in [4.69, 9.17) is 27.9 Å². The molecule has 0 saturated heterocycles. The van der Waals surface area contributed by atoms with Crippen LogP contribution in [0.2, 0.25) is 10.0 Å². The van der Waals surface area contributed by atoms with Gasteiger partial charge in [0.05, 0.1) is 26.8 Å². The molecule has 1 amide bonds. The van der Waals surface area contributed by atoms with E-state index in [-0.39, 0.29) is 11.3 Å². The van der Waals surface area contributed by atoms with Gasteiger partial charge < -0.3 is 9.30 Å². The third kappa shape index (κ3) is 4.03. The third-order valence-electron chi connectivity index (χ3n) is 3.74. The number of amides is 1. The number of halogens is 2. The Bertz CT molecular complexity index is 1110. The maximum Gasteiger partial charge on any atom is 0.286 e. The average molecular weight is 426 g/mol. The Morgan fingerprint density at radius 3 is 2.78 bits per heavy atom. The highest BCUT2D eigenvalue weighted by Crippen LogP contribution is 2.30. The van der Waals surface area contributed by atoms with Crippen molar-refractivity contribution >= 4 is 56.3 Å². The molecule has 1 aromatic heterocycles. The van der Waals surface area contributed by atoms with E-state index in [0.29, 0.717) is 33.5 Å². The van der Waals surface area contributed by atoms with E-state index in [9.17, 15) is 14.9 Å². The van der Waals surface area contributed by atoms with E-state index in [1.165, 1.54) is 29.5 Å². The van der Waals surface area contributed by atoms with E-state index >= 15 is 0 Å². The molecule has 0 radical (unpaired) electrons. The van der Waals surface area contributed by atoms with Gasteiger partial charge in [0.1, 0.15) is 5.56 Å². The van der Waals surface area contributed by atoms with Crippen molar-refractivity contribution in [3.8, 4) is 0 Å². The summed E-state index contributed by atoms with van der Waals surface area (Å²) >= 11 is 13.6. The molecule has 27 heavy (non-hydrogen) atoms. The van der Waals surface area contributed by atoms with Crippen molar-refractivity contribution in [3.63, 3.8) is 0 Å². The van der Waals surface area contributed by atoms with Crippen molar-refractivity contribution in [2.24, 2.45) is 4.99 Å². The number of nitrogens with zero attached hydrogens (tertiary/aromatic N) is 3. The summed E-state index contributed by atoms with van der Waals surface area (Å²) in [5, 5.41) is 12.1. The summed E-state index contributed by atoms with van der Waals surface area (Å²) in [6, 6.07) is 9.02. The van der Waals surface area contributed by atoms with Crippen molar-refractivity contribution in [2.75, 3.05) is 13.7 Å². The Balaban J connectivity index is 2.20. The minimum Gasteiger partial charge on any atom is -0.383 e. The smallest absolute Gasteiger partial charge is 0.286 e.